The van der Waals surface area contributed by atoms with E-state index >= 15 is 0 Å². The fraction of sp³-hybridized carbons (Fsp3) is 0.348. The molecule has 0 saturated heterocycles. The Kier molecular flexibility index (Phi) is 7.91. The summed E-state index contributed by atoms with van der Waals surface area (Å²) in [4.78, 5) is 35.0. The van der Waals surface area contributed by atoms with Crippen LogP contribution < -0.4 is 5.32 Å². The lowest BCUT2D eigenvalue weighted by molar-refractivity contribution is -0.384. The van der Waals surface area contributed by atoms with E-state index in [1.54, 1.807) is 13.0 Å². The Balaban J connectivity index is 2.10. The molecular weight excluding hydrogens is 412 g/mol. The molecule has 0 unspecified atom stereocenters. The number of nitrogens with one attached hydrogen (secondary N) is 1. The maximum absolute atomic E-state index is 12.3. The van der Waals surface area contributed by atoms with Gasteiger partial charge in [-0.05, 0) is 56.0 Å². The first-order valence-corrected chi connectivity index (χ1v) is 10.0. The Bertz CT molecular complexity index is 1120. The topological polar surface area (TPSA) is 127 Å². The van der Waals surface area contributed by atoms with Crippen LogP contribution in [0.25, 0.3) is 6.08 Å². The van der Waals surface area contributed by atoms with Crippen molar-refractivity contribution >= 4 is 29.3 Å². The molecule has 9 heteroatoms. The largest absolute Gasteiger partial charge is 0.451 e. The van der Waals surface area contributed by atoms with E-state index in [-0.39, 0.29) is 16.9 Å². The van der Waals surface area contributed by atoms with Gasteiger partial charge in [-0.1, -0.05) is 19.9 Å². The molecule has 0 bridgehead atoms. The number of esters is 1. The second-order valence-corrected chi connectivity index (χ2v) is 7.90. The number of amides is 1. The molecule has 2 aromatic rings. The summed E-state index contributed by atoms with van der Waals surface area (Å²) in [6.07, 6.45) is 1.43. The van der Waals surface area contributed by atoms with Crippen molar-refractivity contribution in [1.29, 1.82) is 5.26 Å². The number of aryl methyl sites for hydroxylation is 2. The minimum atomic E-state index is -0.949. The first-order valence-electron chi connectivity index (χ1n) is 10.0. The maximum Gasteiger partial charge on any atom is 0.349 e. The molecule has 0 saturated carbocycles. The summed E-state index contributed by atoms with van der Waals surface area (Å²) in [5.41, 5.74) is 2.79. The van der Waals surface area contributed by atoms with Crippen molar-refractivity contribution in [3.8, 4) is 6.07 Å². The van der Waals surface area contributed by atoms with Gasteiger partial charge in [-0.15, -0.1) is 0 Å². The minimum absolute atomic E-state index is 0.00436. The standard InChI is InChI=1S/C23H26N4O5/c1-14(2)12-26-16(4)9-18(17(26)5)10-19(11-24)23(29)32-13-22(28)25-20-7-6-15(3)8-21(20)27(30)31/h6-10,14H,12-13H2,1-5H3,(H,25,28)/b19-10+. The first-order chi connectivity index (χ1) is 15.0. The van der Waals surface area contributed by atoms with Crippen LogP contribution in [0.1, 0.15) is 36.4 Å². The predicted molar refractivity (Wildman–Crippen MR) is 120 cm³/mol. The number of carbonyl (C=O) groups is 2. The van der Waals surface area contributed by atoms with Crippen molar-refractivity contribution in [2.75, 3.05) is 11.9 Å². The third kappa shape index (κ3) is 6.04. The van der Waals surface area contributed by atoms with Crippen molar-refractivity contribution in [2.45, 2.75) is 41.2 Å². The molecule has 1 aromatic heterocycles. The molecule has 2 rings (SSSR count). The van der Waals surface area contributed by atoms with Crippen molar-refractivity contribution in [3.63, 3.8) is 0 Å². The van der Waals surface area contributed by atoms with E-state index in [2.05, 4.69) is 23.7 Å². The third-order valence-electron chi connectivity index (χ3n) is 4.76. The molecule has 1 N–H and O–H groups in total. The van der Waals surface area contributed by atoms with Crippen molar-refractivity contribution in [3.05, 3.63) is 62.5 Å². The zero-order valence-corrected chi connectivity index (χ0v) is 18.8. The van der Waals surface area contributed by atoms with E-state index in [1.165, 1.54) is 18.2 Å². The average molecular weight is 438 g/mol. The van der Waals surface area contributed by atoms with Gasteiger partial charge in [0.05, 0.1) is 4.92 Å². The summed E-state index contributed by atoms with van der Waals surface area (Å²) in [5, 5.41) is 22.9. The van der Waals surface area contributed by atoms with Crippen LogP contribution >= 0.6 is 0 Å². The molecule has 0 aliphatic carbocycles. The van der Waals surface area contributed by atoms with Crippen molar-refractivity contribution in [2.24, 2.45) is 5.92 Å². The van der Waals surface area contributed by atoms with E-state index in [4.69, 9.17) is 4.74 Å². The van der Waals surface area contributed by atoms with Gasteiger partial charge in [0.25, 0.3) is 11.6 Å². The van der Waals surface area contributed by atoms with Crippen LogP contribution in [-0.4, -0.2) is 28.0 Å². The highest BCUT2D eigenvalue weighted by molar-refractivity contribution is 6.00. The Labute approximate surface area is 186 Å². The Morgan fingerprint density at radius 2 is 1.97 bits per heavy atom. The van der Waals surface area contributed by atoms with Gasteiger partial charge in [0.15, 0.2) is 6.61 Å². The molecule has 0 spiro atoms. The molecule has 1 amide bonds. The van der Waals surface area contributed by atoms with E-state index in [0.29, 0.717) is 11.5 Å². The highest BCUT2D eigenvalue weighted by Gasteiger charge is 2.19. The molecule has 0 aliphatic heterocycles. The summed E-state index contributed by atoms with van der Waals surface area (Å²) in [7, 11) is 0. The van der Waals surface area contributed by atoms with E-state index < -0.39 is 23.4 Å². The molecule has 32 heavy (non-hydrogen) atoms. The summed E-state index contributed by atoms with van der Waals surface area (Å²) < 4.78 is 7.06. The Morgan fingerprint density at radius 3 is 2.56 bits per heavy atom. The smallest absolute Gasteiger partial charge is 0.349 e. The number of hydrogen-bond acceptors (Lipinski definition) is 6. The number of nitrogens with zero attached hydrogens (tertiary/aromatic N) is 3. The van der Waals surface area contributed by atoms with Crippen LogP contribution in [-0.2, 0) is 20.9 Å². The van der Waals surface area contributed by atoms with Crippen molar-refractivity contribution < 1.29 is 19.2 Å². The van der Waals surface area contributed by atoms with E-state index in [1.807, 2.05) is 26.0 Å². The summed E-state index contributed by atoms with van der Waals surface area (Å²) in [6.45, 7) is 9.87. The average Bonchev–Trinajstić information content (AvgIpc) is 2.98. The molecule has 9 nitrogen and oxygen atoms in total. The molecule has 0 radical (unpaired) electrons. The van der Waals surface area contributed by atoms with Crippen LogP contribution in [0.15, 0.2) is 29.8 Å². The Morgan fingerprint density at radius 1 is 1.28 bits per heavy atom. The zero-order valence-electron chi connectivity index (χ0n) is 18.8. The quantitative estimate of drug-likeness (QED) is 0.218. The number of benzene rings is 1. The lowest BCUT2D eigenvalue weighted by Gasteiger charge is -2.12. The van der Waals surface area contributed by atoms with Crippen LogP contribution in [0.4, 0.5) is 11.4 Å². The van der Waals surface area contributed by atoms with Crippen molar-refractivity contribution in [1.82, 2.24) is 4.57 Å². The Hall–Kier alpha value is -3.93. The number of carbonyl (C=O) groups excluding carboxylic acids is 2. The zero-order chi connectivity index (χ0) is 24.0. The number of nitro benzene ring substituents is 1. The normalized spacial score (nSPS) is 11.2. The highest BCUT2D eigenvalue weighted by atomic mass is 16.6. The van der Waals surface area contributed by atoms with Crippen LogP contribution in [0.2, 0.25) is 0 Å². The van der Waals surface area contributed by atoms with Gasteiger partial charge in [0, 0.05) is 24.0 Å². The van der Waals surface area contributed by atoms with Crippen LogP contribution in [0, 0.1) is 48.1 Å². The van der Waals surface area contributed by atoms with Gasteiger partial charge in [-0.2, -0.15) is 5.26 Å². The van der Waals surface area contributed by atoms with Gasteiger partial charge in [-0.25, -0.2) is 4.79 Å². The molecular formula is C23H26N4O5. The highest BCUT2D eigenvalue weighted by Crippen LogP contribution is 2.25. The van der Waals surface area contributed by atoms with Gasteiger partial charge in [-0.3, -0.25) is 14.9 Å². The second kappa shape index (κ2) is 10.4. The van der Waals surface area contributed by atoms with Gasteiger partial charge >= 0.3 is 5.97 Å². The van der Waals surface area contributed by atoms with Gasteiger partial charge in [0.1, 0.15) is 17.3 Å². The van der Waals surface area contributed by atoms with Gasteiger partial charge < -0.3 is 14.6 Å². The van der Waals surface area contributed by atoms with Crippen LogP contribution in [0.5, 0.6) is 0 Å². The first kappa shape index (κ1) is 24.3. The monoisotopic (exact) mass is 438 g/mol. The van der Waals surface area contributed by atoms with Gasteiger partial charge in [0.2, 0.25) is 0 Å². The fourth-order valence-corrected chi connectivity index (χ4v) is 3.21. The molecule has 168 valence electrons. The number of rotatable bonds is 8. The molecule has 1 aromatic carbocycles. The lowest BCUT2D eigenvalue weighted by Crippen LogP contribution is -2.22. The third-order valence-corrected chi connectivity index (χ3v) is 4.76. The predicted octanol–water partition coefficient (Wildman–Crippen LogP) is 4.07. The number of anilines is 1. The lowest BCUT2D eigenvalue weighted by atomic mass is 10.1. The molecule has 1 heterocycles. The number of hydrogen-bond donors (Lipinski definition) is 1. The SMILES string of the molecule is Cc1ccc(NC(=O)COC(=O)/C(C#N)=C/c2cc(C)n(CC(C)C)c2C)c([N+](=O)[O-])c1. The van der Waals surface area contributed by atoms with Crippen LogP contribution in [0.3, 0.4) is 0 Å². The van der Waals surface area contributed by atoms with E-state index in [0.717, 1.165) is 23.5 Å². The number of nitriles is 1. The molecule has 0 aliphatic rings. The number of aromatic nitrogens is 1. The maximum atomic E-state index is 12.3. The fourth-order valence-electron chi connectivity index (χ4n) is 3.21. The summed E-state index contributed by atoms with van der Waals surface area (Å²) >= 11 is 0. The number of ether oxygens (including phenoxy) is 1. The number of nitro groups is 1. The summed E-state index contributed by atoms with van der Waals surface area (Å²) in [6, 6.07) is 8.03. The minimum Gasteiger partial charge on any atom is -0.451 e. The second-order valence-electron chi connectivity index (χ2n) is 7.90. The molecule has 0 atom stereocenters. The molecule has 0 fully saturated rings. The van der Waals surface area contributed by atoms with E-state index in [9.17, 15) is 25.0 Å². The summed E-state index contributed by atoms with van der Waals surface area (Å²) in [5.74, 6) is -1.27.